The highest BCUT2D eigenvalue weighted by molar-refractivity contribution is 5.66. The summed E-state index contributed by atoms with van der Waals surface area (Å²) in [7, 11) is 1.66. The molecule has 16 heavy (non-hydrogen) atoms. The topological polar surface area (TPSA) is 46.5 Å². The molecule has 3 heteroatoms. The van der Waals surface area contributed by atoms with Crippen molar-refractivity contribution < 1.29 is 14.6 Å². The van der Waals surface area contributed by atoms with Gasteiger partial charge in [0, 0.05) is 6.42 Å². The zero-order chi connectivity index (χ0) is 12.0. The molecule has 1 aromatic rings. The molecule has 0 radical (unpaired) electrons. The van der Waals surface area contributed by atoms with Gasteiger partial charge in [0.15, 0.2) is 0 Å². The smallest absolute Gasteiger partial charge is 0.303 e. The second-order valence-electron chi connectivity index (χ2n) is 3.75. The van der Waals surface area contributed by atoms with Crippen LogP contribution in [0, 0.1) is 0 Å². The van der Waals surface area contributed by atoms with Crippen LogP contribution in [-0.2, 0) is 17.6 Å². The molecule has 0 atom stereocenters. The zero-order valence-electron chi connectivity index (χ0n) is 9.82. The maximum atomic E-state index is 10.4. The molecule has 0 bridgehead atoms. The summed E-state index contributed by atoms with van der Waals surface area (Å²) in [5, 5.41) is 8.55. The molecule has 0 fully saturated rings. The molecule has 1 N–H and O–H groups in total. The molecule has 0 saturated carbocycles. The molecule has 0 unspecified atom stereocenters. The van der Waals surface area contributed by atoms with Crippen molar-refractivity contribution in [2.24, 2.45) is 0 Å². The Labute approximate surface area is 96.1 Å². The van der Waals surface area contributed by atoms with Gasteiger partial charge in [-0.2, -0.15) is 0 Å². The number of aliphatic carboxylic acids is 1. The molecular weight excluding hydrogens is 204 g/mol. The standard InChI is InChI=1S/C13H18O3/c1-3-11-8-7-10(9-12(11)16-2)5-4-6-13(14)15/h7-9H,3-6H2,1-2H3,(H,14,15). The average molecular weight is 222 g/mol. The van der Waals surface area contributed by atoms with Crippen molar-refractivity contribution in [1.29, 1.82) is 0 Å². The van der Waals surface area contributed by atoms with E-state index in [0.717, 1.165) is 24.2 Å². The Morgan fingerprint density at radius 2 is 2.19 bits per heavy atom. The predicted octanol–water partition coefficient (Wildman–Crippen LogP) is 2.66. The molecule has 0 aromatic heterocycles. The third-order valence-corrected chi connectivity index (χ3v) is 2.59. The van der Waals surface area contributed by atoms with Gasteiger partial charge in [0.25, 0.3) is 0 Å². The molecule has 0 heterocycles. The number of hydrogen-bond acceptors (Lipinski definition) is 2. The van der Waals surface area contributed by atoms with Crippen molar-refractivity contribution in [3.05, 3.63) is 29.3 Å². The van der Waals surface area contributed by atoms with Crippen molar-refractivity contribution in [2.75, 3.05) is 7.11 Å². The Hall–Kier alpha value is -1.51. The summed E-state index contributed by atoms with van der Waals surface area (Å²) >= 11 is 0. The SMILES string of the molecule is CCc1ccc(CCCC(=O)O)cc1OC. The number of benzene rings is 1. The summed E-state index contributed by atoms with van der Waals surface area (Å²) in [5.41, 5.74) is 2.32. The first-order valence-corrected chi connectivity index (χ1v) is 5.55. The Morgan fingerprint density at radius 3 is 2.75 bits per heavy atom. The molecule has 0 aliphatic heterocycles. The third-order valence-electron chi connectivity index (χ3n) is 2.59. The molecule has 3 nitrogen and oxygen atoms in total. The third kappa shape index (κ3) is 3.57. The van der Waals surface area contributed by atoms with Gasteiger partial charge in [0.1, 0.15) is 5.75 Å². The van der Waals surface area contributed by atoms with E-state index in [9.17, 15) is 4.79 Å². The van der Waals surface area contributed by atoms with Gasteiger partial charge in [0.2, 0.25) is 0 Å². The minimum Gasteiger partial charge on any atom is -0.496 e. The molecule has 0 amide bonds. The second kappa shape index (κ2) is 6.16. The van der Waals surface area contributed by atoms with Crippen molar-refractivity contribution in [2.45, 2.75) is 32.6 Å². The van der Waals surface area contributed by atoms with E-state index in [0.29, 0.717) is 6.42 Å². The molecular formula is C13H18O3. The number of hydrogen-bond donors (Lipinski definition) is 1. The Morgan fingerprint density at radius 1 is 1.44 bits per heavy atom. The van der Waals surface area contributed by atoms with E-state index in [-0.39, 0.29) is 6.42 Å². The first-order chi connectivity index (χ1) is 7.67. The van der Waals surface area contributed by atoms with Crippen LogP contribution in [0.3, 0.4) is 0 Å². The fourth-order valence-electron chi connectivity index (χ4n) is 1.68. The highest BCUT2D eigenvalue weighted by atomic mass is 16.5. The van der Waals surface area contributed by atoms with Gasteiger partial charge in [0.05, 0.1) is 7.11 Å². The number of carboxylic acids is 1. The fourth-order valence-corrected chi connectivity index (χ4v) is 1.68. The molecule has 88 valence electrons. The molecule has 1 aromatic carbocycles. The van der Waals surface area contributed by atoms with Crippen LogP contribution in [0.1, 0.15) is 30.9 Å². The predicted molar refractivity (Wildman–Crippen MR) is 62.9 cm³/mol. The maximum absolute atomic E-state index is 10.4. The number of methoxy groups -OCH3 is 1. The van der Waals surface area contributed by atoms with Gasteiger partial charge >= 0.3 is 5.97 Å². The summed E-state index contributed by atoms with van der Waals surface area (Å²) in [5.74, 6) is 0.160. The van der Waals surface area contributed by atoms with E-state index in [1.54, 1.807) is 7.11 Å². The normalized spacial score (nSPS) is 10.1. The summed E-state index contributed by atoms with van der Waals surface area (Å²) in [4.78, 5) is 10.4. The van der Waals surface area contributed by atoms with Gasteiger partial charge in [-0.15, -0.1) is 0 Å². The first kappa shape index (κ1) is 12.6. The second-order valence-corrected chi connectivity index (χ2v) is 3.75. The number of carboxylic acid groups (broad SMARTS) is 1. The van der Waals surface area contributed by atoms with E-state index >= 15 is 0 Å². The van der Waals surface area contributed by atoms with Crippen LogP contribution in [0.15, 0.2) is 18.2 Å². The fraction of sp³-hybridized carbons (Fsp3) is 0.462. The van der Waals surface area contributed by atoms with Crippen LogP contribution in [0.25, 0.3) is 0 Å². The molecule has 0 aliphatic carbocycles. The highest BCUT2D eigenvalue weighted by Crippen LogP contribution is 2.21. The quantitative estimate of drug-likeness (QED) is 0.804. The van der Waals surface area contributed by atoms with Crippen LogP contribution in [0.4, 0.5) is 0 Å². The van der Waals surface area contributed by atoms with Crippen LogP contribution >= 0.6 is 0 Å². The minimum atomic E-state index is -0.739. The Bertz CT molecular complexity index is 358. The summed E-state index contributed by atoms with van der Waals surface area (Å²) in [6, 6.07) is 6.10. The average Bonchev–Trinajstić information content (AvgIpc) is 2.28. The number of rotatable bonds is 6. The summed E-state index contributed by atoms with van der Waals surface area (Å²) in [6.07, 6.45) is 2.62. The number of carbonyl (C=O) groups is 1. The van der Waals surface area contributed by atoms with E-state index in [4.69, 9.17) is 9.84 Å². The van der Waals surface area contributed by atoms with Crippen LogP contribution in [0.2, 0.25) is 0 Å². The molecule has 0 aliphatic rings. The summed E-state index contributed by atoms with van der Waals surface area (Å²) < 4.78 is 5.29. The Balaban J connectivity index is 2.64. The monoisotopic (exact) mass is 222 g/mol. The molecule has 0 spiro atoms. The lowest BCUT2D eigenvalue weighted by Gasteiger charge is -2.08. The highest BCUT2D eigenvalue weighted by Gasteiger charge is 2.03. The van der Waals surface area contributed by atoms with E-state index < -0.39 is 5.97 Å². The van der Waals surface area contributed by atoms with Gasteiger partial charge < -0.3 is 9.84 Å². The number of ether oxygens (including phenoxy) is 1. The van der Waals surface area contributed by atoms with Crippen LogP contribution < -0.4 is 4.74 Å². The lowest BCUT2D eigenvalue weighted by molar-refractivity contribution is -0.137. The van der Waals surface area contributed by atoms with E-state index in [2.05, 4.69) is 13.0 Å². The zero-order valence-corrected chi connectivity index (χ0v) is 9.82. The molecule has 1 rings (SSSR count). The van der Waals surface area contributed by atoms with Crippen LogP contribution in [0.5, 0.6) is 5.75 Å². The van der Waals surface area contributed by atoms with E-state index in [1.165, 1.54) is 5.56 Å². The van der Waals surface area contributed by atoms with Gasteiger partial charge in [-0.3, -0.25) is 4.79 Å². The van der Waals surface area contributed by atoms with Gasteiger partial charge in [-0.05, 0) is 36.5 Å². The lowest BCUT2D eigenvalue weighted by atomic mass is 10.0. The largest absolute Gasteiger partial charge is 0.496 e. The van der Waals surface area contributed by atoms with Gasteiger partial charge in [-0.25, -0.2) is 0 Å². The van der Waals surface area contributed by atoms with Crippen molar-refractivity contribution in [1.82, 2.24) is 0 Å². The van der Waals surface area contributed by atoms with Crippen molar-refractivity contribution in [3.8, 4) is 5.75 Å². The lowest BCUT2D eigenvalue weighted by Crippen LogP contribution is -1.97. The van der Waals surface area contributed by atoms with Crippen molar-refractivity contribution in [3.63, 3.8) is 0 Å². The molecule has 0 saturated heterocycles. The van der Waals surface area contributed by atoms with Crippen molar-refractivity contribution >= 4 is 5.97 Å². The minimum absolute atomic E-state index is 0.220. The van der Waals surface area contributed by atoms with Crippen LogP contribution in [-0.4, -0.2) is 18.2 Å². The number of aryl methyl sites for hydroxylation is 2. The maximum Gasteiger partial charge on any atom is 0.303 e. The Kier molecular flexibility index (Phi) is 4.83. The van der Waals surface area contributed by atoms with Gasteiger partial charge in [-0.1, -0.05) is 19.1 Å². The van der Waals surface area contributed by atoms with E-state index in [1.807, 2.05) is 12.1 Å². The summed E-state index contributed by atoms with van der Waals surface area (Å²) in [6.45, 7) is 2.09. The first-order valence-electron chi connectivity index (χ1n) is 5.55.